The maximum atomic E-state index is 12.2. The molecule has 0 heterocycles. The van der Waals surface area contributed by atoms with E-state index >= 15 is 0 Å². The highest BCUT2D eigenvalue weighted by Gasteiger charge is 2.22. The number of sulfonamides is 1. The van der Waals surface area contributed by atoms with Crippen molar-refractivity contribution >= 4 is 21.4 Å². The van der Waals surface area contributed by atoms with Crippen LogP contribution in [0.5, 0.6) is 5.75 Å². The molecule has 6 heteroatoms. The zero-order chi connectivity index (χ0) is 14.6. The van der Waals surface area contributed by atoms with Crippen molar-refractivity contribution in [2.24, 2.45) is 5.92 Å². The number of nitrogens with two attached hydrogens (primary N) is 1. The summed E-state index contributed by atoms with van der Waals surface area (Å²) in [6, 6.07) is 4.94. The van der Waals surface area contributed by atoms with Crippen LogP contribution in [-0.2, 0) is 10.0 Å². The van der Waals surface area contributed by atoms with Crippen molar-refractivity contribution in [3.05, 3.63) is 18.2 Å². The summed E-state index contributed by atoms with van der Waals surface area (Å²) in [6.45, 7) is 0. The van der Waals surface area contributed by atoms with E-state index in [0.717, 1.165) is 25.7 Å². The first-order valence-electron chi connectivity index (χ1n) is 6.94. The van der Waals surface area contributed by atoms with Crippen LogP contribution in [0.4, 0.5) is 11.4 Å². The van der Waals surface area contributed by atoms with Crippen LogP contribution in [0.25, 0.3) is 0 Å². The second-order valence-electron chi connectivity index (χ2n) is 5.34. The lowest BCUT2D eigenvalue weighted by Gasteiger charge is -2.22. The number of ether oxygens (including phenoxy) is 1. The number of hydrogen-bond donors (Lipinski definition) is 2. The maximum absolute atomic E-state index is 12.2. The van der Waals surface area contributed by atoms with Gasteiger partial charge in [0, 0.05) is 6.07 Å². The third-order valence-corrected chi connectivity index (χ3v) is 5.15. The average molecular weight is 298 g/mol. The summed E-state index contributed by atoms with van der Waals surface area (Å²) >= 11 is 0. The van der Waals surface area contributed by atoms with E-state index in [2.05, 4.69) is 4.72 Å². The Morgan fingerprint density at radius 3 is 2.65 bits per heavy atom. The van der Waals surface area contributed by atoms with Gasteiger partial charge in [-0.25, -0.2) is 8.42 Å². The van der Waals surface area contributed by atoms with Gasteiger partial charge in [-0.05, 0) is 30.9 Å². The summed E-state index contributed by atoms with van der Waals surface area (Å²) in [6.07, 6.45) is 5.46. The molecule has 1 saturated carbocycles. The lowest BCUT2D eigenvalue weighted by molar-refractivity contribution is 0.385. The zero-order valence-electron chi connectivity index (χ0n) is 11.8. The van der Waals surface area contributed by atoms with Gasteiger partial charge in [0.15, 0.2) is 0 Å². The third-order valence-electron chi connectivity index (χ3n) is 3.71. The van der Waals surface area contributed by atoms with Gasteiger partial charge in [-0.2, -0.15) is 0 Å². The van der Waals surface area contributed by atoms with Crippen molar-refractivity contribution in [1.82, 2.24) is 0 Å². The van der Waals surface area contributed by atoms with E-state index < -0.39 is 10.0 Å². The number of hydrogen-bond acceptors (Lipinski definition) is 4. The number of benzene rings is 1. The summed E-state index contributed by atoms with van der Waals surface area (Å²) in [7, 11) is -1.83. The molecular formula is C14H22N2O3S. The lowest BCUT2D eigenvalue weighted by Crippen LogP contribution is -2.24. The molecule has 1 aromatic carbocycles. The number of rotatable bonds is 5. The summed E-state index contributed by atoms with van der Waals surface area (Å²) in [5.74, 6) is 1.01. The quantitative estimate of drug-likeness (QED) is 0.819. The van der Waals surface area contributed by atoms with Gasteiger partial charge in [0.2, 0.25) is 10.0 Å². The fourth-order valence-corrected chi connectivity index (χ4v) is 4.17. The lowest BCUT2D eigenvalue weighted by atomic mass is 9.91. The van der Waals surface area contributed by atoms with Crippen LogP contribution in [-0.4, -0.2) is 21.3 Å². The summed E-state index contributed by atoms with van der Waals surface area (Å²) in [5, 5.41) is 0. The van der Waals surface area contributed by atoms with Crippen LogP contribution in [0.3, 0.4) is 0 Å². The molecule has 3 N–H and O–H groups in total. The average Bonchev–Trinajstić information content (AvgIpc) is 2.41. The predicted molar refractivity (Wildman–Crippen MR) is 81.4 cm³/mol. The van der Waals surface area contributed by atoms with E-state index in [-0.39, 0.29) is 11.7 Å². The highest BCUT2D eigenvalue weighted by atomic mass is 32.2. The highest BCUT2D eigenvalue weighted by Crippen LogP contribution is 2.28. The van der Waals surface area contributed by atoms with Crippen LogP contribution in [0.15, 0.2) is 18.2 Å². The molecule has 0 radical (unpaired) electrons. The molecule has 0 saturated heterocycles. The van der Waals surface area contributed by atoms with E-state index in [1.165, 1.54) is 13.5 Å². The van der Waals surface area contributed by atoms with Gasteiger partial charge < -0.3 is 10.5 Å². The third kappa shape index (κ3) is 4.03. The van der Waals surface area contributed by atoms with Crippen molar-refractivity contribution in [3.8, 4) is 5.75 Å². The first-order chi connectivity index (χ1) is 9.50. The molecule has 0 unspecified atom stereocenters. The molecule has 0 amide bonds. The van der Waals surface area contributed by atoms with E-state index in [1.54, 1.807) is 18.2 Å². The predicted octanol–water partition coefficient (Wildman–Crippen LogP) is 2.60. The molecule has 2 rings (SSSR count). The largest absolute Gasteiger partial charge is 0.497 e. The molecule has 1 aromatic rings. The molecule has 0 aliphatic heterocycles. The monoisotopic (exact) mass is 298 g/mol. The Morgan fingerprint density at radius 2 is 2.00 bits per heavy atom. The first-order valence-corrected chi connectivity index (χ1v) is 8.59. The Hall–Kier alpha value is -1.43. The fraction of sp³-hybridized carbons (Fsp3) is 0.571. The van der Waals surface area contributed by atoms with Crippen LogP contribution in [0.2, 0.25) is 0 Å². The minimum Gasteiger partial charge on any atom is -0.497 e. The van der Waals surface area contributed by atoms with Gasteiger partial charge in [0.25, 0.3) is 0 Å². The maximum Gasteiger partial charge on any atom is 0.233 e. The Kier molecular flexibility index (Phi) is 4.75. The molecule has 1 aliphatic carbocycles. The minimum absolute atomic E-state index is 0.170. The normalized spacial score (nSPS) is 16.9. The first kappa shape index (κ1) is 15.0. The van der Waals surface area contributed by atoms with Gasteiger partial charge in [-0.3, -0.25) is 4.72 Å². The Morgan fingerprint density at radius 1 is 1.30 bits per heavy atom. The van der Waals surface area contributed by atoms with Crippen molar-refractivity contribution in [2.45, 2.75) is 32.1 Å². The van der Waals surface area contributed by atoms with Crippen molar-refractivity contribution in [2.75, 3.05) is 23.3 Å². The van der Waals surface area contributed by atoms with Gasteiger partial charge in [-0.1, -0.05) is 19.3 Å². The van der Waals surface area contributed by atoms with E-state index in [4.69, 9.17) is 10.5 Å². The molecule has 1 aliphatic rings. The summed E-state index contributed by atoms with van der Waals surface area (Å²) in [5.41, 5.74) is 6.59. The van der Waals surface area contributed by atoms with E-state index in [0.29, 0.717) is 17.1 Å². The van der Waals surface area contributed by atoms with Gasteiger partial charge >= 0.3 is 0 Å². The zero-order valence-corrected chi connectivity index (χ0v) is 12.6. The Bertz CT molecular complexity index is 552. The van der Waals surface area contributed by atoms with Crippen molar-refractivity contribution in [1.29, 1.82) is 0 Å². The van der Waals surface area contributed by atoms with Crippen molar-refractivity contribution in [3.63, 3.8) is 0 Å². The molecule has 112 valence electrons. The summed E-state index contributed by atoms with van der Waals surface area (Å²) < 4.78 is 32.1. The van der Waals surface area contributed by atoms with Crippen LogP contribution in [0.1, 0.15) is 32.1 Å². The van der Waals surface area contributed by atoms with Crippen molar-refractivity contribution < 1.29 is 13.2 Å². The molecular weight excluding hydrogens is 276 g/mol. The molecule has 0 atom stereocenters. The SMILES string of the molecule is COc1ccc(N)c(NS(=O)(=O)CC2CCCCC2)c1. The number of methoxy groups -OCH3 is 1. The van der Waals surface area contributed by atoms with Crippen LogP contribution in [0, 0.1) is 5.92 Å². The highest BCUT2D eigenvalue weighted by molar-refractivity contribution is 7.92. The van der Waals surface area contributed by atoms with Gasteiger partial charge in [-0.15, -0.1) is 0 Å². The number of anilines is 2. The summed E-state index contributed by atoms with van der Waals surface area (Å²) in [4.78, 5) is 0. The number of nitrogens with one attached hydrogen (secondary N) is 1. The smallest absolute Gasteiger partial charge is 0.233 e. The Balaban J connectivity index is 2.07. The van der Waals surface area contributed by atoms with Gasteiger partial charge in [0.05, 0.1) is 24.2 Å². The molecule has 1 fully saturated rings. The molecule has 5 nitrogen and oxygen atoms in total. The Labute approximate surface area is 120 Å². The fourth-order valence-electron chi connectivity index (χ4n) is 2.62. The second kappa shape index (κ2) is 6.35. The molecule has 0 aromatic heterocycles. The van der Waals surface area contributed by atoms with Crippen LogP contribution >= 0.6 is 0 Å². The second-order valence-corrected chi connectivity index (χ2v) is 7.11. The van der Waals surface area contributed by atoms with Gasteiger partial charge in [0.1, 0.15) is 5.75 Å². The number of nitrogen functional groups attached to an aromatic ring is 1. The molecule has 20 heavy (non-hydrogen) atoms. The van der Waals surface area contributed by atoms with E-state index in [1.807, 2.05) is 0 Å². The minimum atomic E-state index is -3.37. The standard InChI is InChI=1S/C14H22N2O3S/c1-19-12-7-8-13(15)14(9-12)16-20(17,18)10-11-5-3-2-4-6-11/h7-9,11,16H,2-6,10,15H2,1H3. The molecule has 0 bridgehead atoms. The van der Waals surface area contributed by atoms with Crippen LogP contribution < -0.4 is 15.2 Å². The molecule has 0 spiro atoms. The topological polar surface area (TPSA) is 81.4 Å². The van der Waals surface area contributed by atoms with E-state index in [9.17, 15) is 8.42 Å².